The van der Waals surface area contributed by atoms with Gasteiger partial charge in [-0.3, -0.25) is 14.5 Å². The lowest BCUT2D eigenvalue weighted by molar-refractivity contribution is -0.137. The highest BCUT2D eigenvalue weighted by Crippen LogP contribution is 2.32. The largest absolute Gasteiger partial charge is 0.454 e. The van der Waals surface area contributed by atoms with Gasteiger partial charge in [-0.25, -0.2) is 0 Å². The average Bonchev–Trinajstić information content (AvgIpc) is 3.29. The Kier molecular flexibility index (Phi) is 5.48. The quantitative estimate of drug-likeness (QED) is 0.604. The molecule has 1 saturated heterocycles. The van der Waals surface area contributed by atoms with Crippen LogP contribution < -0.4 is 15.0 Å². The van der Waals surface area contributed by atoms with Crippen LogP contribution in [-0.2, 0) is 11.3 Å². The van der Waals surface area contributed by atoms with Gasteiger partial charge in [-0.2, -0.15) is 4.68 Å². The number of carbonyl (C=O) groups excluding carboxylic acids is 1. The lowest BCUT2D eigenvalue weighted by Crippen LogP contribution is -2.51. The van der Waals surface area contributed by atoms with E-state index in [1.807, 2.05) is 36.1 Å². The van der Waals surface area contributed by atoms with E-state index >= 15 is 0 Å². The second-order valence-electron chi connectivity index (χ2n) is 8.07. The molecule has 0 spiro atoms. The summed E-state index contributed by atoms with van der Waals surface area (Å²) in [4.78, 5) is 30.3. The first-order valence-corrected chi connectivity index (χ1v) is 10.9. The molecule has 9 nitrogen and oxygen atoms in total. The van der Waals surface area contributed by atoms with Crippen molar-refractivity contribution >= 4 is 16.8 Å². The van der Waals surface area contributed by atoms with Crippen molar-refractivity contribution in [3.63, 3.8) is 0 Å². The summed E-state index contributed by atoms with van der Waals surface area (Å²) in [6.07, 6.45) is 0.475. The third kappa shape index (κ3) is 3.80. The van der Waals surface area contributed by atoms with Crippen molar-refractivity contribution in [1.82, 2.24) is 24.8 Å². The normalized spacial score (nSPS) is 17.0. The molecule has 0 saturated carbocycles. The maximum Gasteiger partial charge on any atom is 0.278 e. The van der Waals surface area contributed by atoms with Crippen molar-refractivity contribution in [2.75, 3.05) is 33.0 Å². The van der Waals surface area contributed by atoms with E-state index < -0.39 is 6.04 Å². The SMILES string of the molecule is CC[C@H](C(=O)N1CCN(Cc2ccc3c(c2)OCO3)CC1)n1nnc2ccccc2c1=O. The van der Waals surface area contributed by atoms with Crippen LogP contribution in [-0.4, -0.2) is 63.7 Å². The standard InChI is InChI=1S/C23H25N5O4/c1-2-19(28-22(29)17-5-3-4-6-18(17)24-25-28)23(30)27-11-9-26(10-12-27)14-16-7-8-20-21(13-16)32-15-31-20/h3-8,13,19H,2,9-12,14-15H2,1H3/t19-/m1/s1. The van der Waals surface area contributed by atoms with Crippen molar-refractivity contribution in [2.24, 2.45) is 0 Å². The lowest BCUT2D eigenvalue weighted by atomic mass is 10.1. The predicted octanol–water partition coefficient (Wildman–Crippen LogP) is 1.82. The fourth-order valence-electron chi connectivity index (χ4n) is 4.29. The minimum atomic E-state index is -0.653. The summed E-state index contributed by atoms with van der Waals surface area (Å²) in [6.45, 7) is 5.67. The Balaban J connectivity index is 1.25. The monoisotopic (exact) mass is 435 g/mol. The average molecular weight is 435 g/mol. The summed E-state index contributed by atoms with van der Waals surface area (Å²) < 4.78 is 12.1. The molecule has 5 rings (SSSR count). The smallest absolute Gasteiger partial charge is 0.278 e. The number of fused-ring (bicyclic) bond motifs is 2. The van der Waals surface area contributed by atoms with Crippen molar-refractivity contribution in [3.05, 3.63) is 58.4 Å². The van der Waals surface area contributed by atoms with Gasteiger partial charge in [0.2, 0.25) is 12.7 Å². The molecule has 1 atom stereocenters. The van der Waals surface area contributed by atoms with E-state index in [-0.39, 0.29) is 18.3 Å². The molecule has 1 fully saturated rings. The molecule has 0 aliphatic carbocycles. The first-order valence-electron chi connectivity index (χ1n) is 10.9. The van der Waals surface area contributed by atoms with Crippen LogP contribution in [0.4, 0.5) is 0 Å². The van der Waals surface area contributed by atoms with Gasteiger partial charge in [0.05, 0.1) is 5.39 Å². The molecule has 2 aromatic carbocycles. The zero-order valence-electron chi connectivity index (χ0n) is 17.9. The highest BCUT2D eigenvalue weighted by atomic mass is 16.7. The lowest BCUT2D eigenvalue weighted by Gasteiger charge is -2.36. The molecule has 1 aromatic heterocycles. The van der Waals surface area contributed by atoms with Crippen LogP contribution in [0, 0.1) is 0 Å². The van der Waals surface area contributed by atoms with Gasteiger partial charge in [-0.05, 0) is 36.2 Å². The summed E-state index contributed by atoms with van der Waals surface area (Å²) in [5.41, 5.74) is 1.41. The van der Waals surface area contributed by atoms with Crippen LogP contribution in [0.3, 0.4) is 0 Å². The summed E-state index contributed by atoms with van der Waals surface area (Å²) in [7, 11) is 0. The van der Waals surface area contributed by atoms with Crippen molar-refractivity contribution in [1.29, 1.82) is 0 Å². The molecule has 3 heterocycles. The molecule has 1 amide bonds. The van der Waals surface area contributed by atoms with Crippen molar-refractivity contribution < 1.29 is 14.3 Å². The van der Waals surface area contributed by atoms with Crippen molar-refractivity contribution in [3.8, 4) is 11.5 Å². The summed E-state index contributed by atoms with van der Waals surface area (Å²) in [6, 6.07) is 12.4. The van der Waals surface area contributed by atoms with Gasteiger partial charge in [-0.1, -0.05) is 30.3 Å². The Bertz CT molecular complexity index is 1200. The van der Waals surface area contributed by atoms with E-state index in [0.717, 1.165) is 36.7 Å². The number of hydrogen-bond acceptors (Lipinski definition) is 7. The van der Waals surface area contributed by atoms with Gasteiger partial charge in [0.25, 0.3) is 5.56 Å². The van der Waals surface area contributed by atoms with Gasteiger partial charge < -0.3 is 14.4 Å². The maximum absolute atomic E-state index is 13.3. The number of carbonyl (C=O) groups is 1. The first-order chi connectivity index (χ1) is 15.6. The zero-order valence-corrected chi connectivity index (χ0v) is 17.9. The molecule has 3 aromatic rings. The van der Waals surface area contributed by atoms with Crippen LogP contribution >= 0.6 is 0 Å². The summed E-state index contributed by atoms with van der Waals surface area (Å²) in [5.74, 6) is 1.48. The number of benzene rings is 2. The molecule has 2 aliphatic heterocycles. The fraction of sp³-hybridized carbons (Fsp3) is 0.391. The molecule has 0 unspecified atom stereocenters. The third-order valence-corrected chi connectivity index (χ3v) is 6.09. The van der Waals surface area contributed by atoms with Crippen molar-refractivity contribution in [2.45, 2.75) is 25.9 Å². The number of ether oxygens (including phenoxy) is 2. The molecule has 166 valence electrons. The van der Waals surface area contributed by atoms with E-state index in [4.69, 9.17) is 9.47 Å². The number of aromatic nitrogens is 3. The van der Waals surface area contributed by atoms with Crippen LogP contribution in [0.1, 0.15) is 24.9 Å². The second-order valence-corrected chi connectivity index (χ2v) is 8.07. The number of hydrogen-bond donors (Lipinski definition) is 0. The first kappa shape index (κ1) is 20.4. The minimum Gasteiger partial charge on any atom is -0.454 e. The molecule has 9 heteroatoms. The zero-order chi connectivity index (χ0) is 22.1. The van der Waals surface area contributed by atoms with E-state index in [1.54, 1.807) is 18.2 Å². The highest BCUT2D eigenvalue weighted by Gasteiger charge is 2.29. The predicted molar refractivity (Wildman–Crippen MR) is 118 cm³/mol. The van der Waals surface area contributed by atoms with Gasteiger partial charge in [0, 0.05) is 32.7 Å². The Morgan fingerprint density at radius 1 is 1.06 bits per heavy atom. The van der Waals surface area contributed by atoms with E-state index in [9.17, 15) is 9.59 Å². The van der Waals surface area contributed by atoms with E-state index in [2.05, 4.69) is 15.2 Å². The van der Waals surface area contributed by atoms with Gasteiger partial charge in [-0.15, -0.1) is 5.10 Å². The topological polar surface area (TPSA) is 89.8 Å². The second kappa shape index (κ2) is 8.58. The Labute approximate surface area is 185 Å². The Morgan fingerprint density at radius 3 is 2.66 bits per heavy atom. The molecule has 0 bridgehead atoms. The van der Waals surface area contributed by atoms with Crippen LogP contribution in [0.25, 0.3) is 10.9 Å². The van der Waals surface area contributed by atoms with Gasteiger partial charge >= 0.3 is 0 Å². The molecule has 2 aliphatic rings. The van der Waals surface area contributed by atoms with Gasteiger partial charge in [0.15, 0.2) is 11.5 Å². The Morgan fingerprint density at radius 2 is 1.84 bits per heavy atom. The highest BCUT2D eigenvalue weighted by molar-refractivity contribution is 5.81. The maximum atomic E-state index is 13.3. The minimum absolute atomic E-state index is 0.0816. The molecule has 32 heavy (non-hydrogen) atoms. The summed E-state index contributed by atoms with van der Waals surface area (Å²) in [5, 5.41) is 8.68. The van der Waals surface area contributed by atoms with E-state index in [1.165, 1.54) is 4.68 Å². The van der Waals surface area contributed by atoms with Crippen LogP contribution in [0.2, 0.25) is 0 Å². The molecular formula is C23H25N5O4. The number of rotatable bonds is 5. The number of piperazine rings is 1. The van der Waals surface area contributed by atoms with Gasteiger partial charge in [0.1, 0.15) is 11.6 Å². The fourth-order valence-corrected chi connectivity index (χ4v) is 4.29. The summed E-state index contributed by atoms with van der Waals surface area (Å²) >= 11 is 0. The Hall–Kier alpha value is -3.46. The number of nitrogens with zero attached hydrogens (tertiary/aromatic N) is 5. The van der Waals surface area contributed by atoms with E-state index in [0.29, 0.717) is 30.4 Å². The van der Waals surface area contributed by atoms with Crippen LogP contribution in [0.15, 0.2) is 47.3 Å². The molecular weight excluding hydrogens is 410 g/mol. The molecule has 0 radical (unpaired) electrons. The third-order valence-electron chi connectivity index (χ3n) is 6.09. The molecule has 0 N–H and O–H groups in total. The number of amides is 1. The van der Waals surface area contributed by atoms with Crippen LogP contribution in [0.5, 0.6) is 11.5 Å².